The number of para-hydroxylation sites is 1. The van der Waals surface area contributed by atoms with Crippen LogP contribution in [-0.4, -0.2) is 9.97 Å². The van der Waals surface area contributed by atoms with Crippen LogP contribution in [0, 0.1) is 6.92 Å². The SMILES string of the molecule is Cc1ccc(Sc2nc(C(Cl)(Cl)Cl)nc3ccccc23)cc1. The number of rotatable bonds is 2. The standard InChI is InChI=1S/C16H11Cl3N2S/c1-10-6-8-11(9-7-10)22-14-12-4-2-3-5-13(12)20-15(21-14)16(17,18)19/h2-9H,1H3. The van der Waals surface area contributed by atoms with Crippen LogP contribution in [0.15, 0.2) is 58.5 Å². The highest BCUT2D eigenvalue weighted by molar-refractivity contribution is 7.99. The lowest BCUT2D eigenvalue weighted by Gasteiger charge is -2.13. The molecular formula is C16H11Cl3N2S. The maximum absolute atomic E-state index is 5.95. The van der Waals surface area contributed by atoms with E-state index >= 15 is 0 Å². The Morgan fingerprint density at radius 2 is 1.59 bits per heavy atom. The van der Waals surface area contributed by atoms with Gasteiger partial charge in [0.15, 0.2) is 5.82 Å². The molecule has 0 fully saturated rings. The van der Waals surface area contributed by atoms with Crippen LogP contribution < -0.4 is 0 Å². The normalized spacial score (nSPS) is 11.8. The first-order valence-corrected chi connectivity index (χ1v) is 8.47. The molecule has 0 atom stereocenters. The summed E-state index contributed by atoms with van der Waals surface area (Å²) in [5.41, 5.74) is 1.97. The van der Waals surface area contributed by atoms with Crippen LogP contribution in [0.4, 0.5) is 0 Å². The Hall–Kier alpha value is -1.00. The number of hydrogen-bond donors (Lipinski definition) is 0. The first kappa shape index (κ1) is 15.9. The van der Waals surface area contributed by atoms with Crippen molar-refractivity contribution in [2.75, 3.05) is 0 Å². The molecule has 0 radical (unpaired) electrons. The average molecular weight is 370 g/mol. The summed E-state index contributed by atoms with van der Waals surface area (Å²) in [5, 5.41) is 1.71. The van der Waals surface area contributed by atoms with Crippen LogP contribution in [0.25, 0.3) is 10.9 Å². The monoisotopic (exact) mass is 368 g/mol. The van der Waals surface area contributed by atoms with Crippen LogP contribution >= 0.6 is 46.6 Å². The highest BCUT2D eigenvalue weighted by Gasteiger charge is 2.28. The van der Waals surface area contributed by atoms with Gasteiger partial charge < -0.3 is 0 Å². The van der Waals surface area contributed by atoms with E-state index in [2.05, 4.69) is 29.0 Å². The number of aromatic nitrogens is 2. The summed E-state index contributed by atoms with van der Waals surface area (Å²) in [7, 11) is 0. The van der Waals surface area contributed by atoms with Crippen molar-refractivity contribution in [2.24, 2.45) is 0 Å². The summed E-state index contributed by atoms with van der Waals surface area (Å²) < 4.78 is -1.65. The van der Waals surface area contributed by atoms with Crippen molar-refractivity contribution in [1.29, 1.82) is 0 Å². The minimum Gasteiger partial charge on any atom is -0.228 e. The molecular weight excluding hydrogens is 359 g/mol. The molecule has 0 saturated carbocycles. The number of aryl methyl sites for hydroxylation is 1. The lowest BCUT2D eigenvalue weighted by Crippen LogP contribution is -2.08. The first-order chi connectivity index (χ1) is 10.4. The van der Waals surface area contributed by atoms with Crippen molar-refractivity contribution in [3.8, 4) is 0 Å². The zero-order chi connectivity index (χ0) is 15.7. The van der Waals surface area contributed by atoms with Crippen LogP contribution in [0.1, 0.15) is 11.4 Å². The smallest absolute Gasteiger partial charge is 0.228 e. The largest absolute Gasteiger partial charge is 0.250 e. The van der Waals surface area contributed by atoms with E-state index in [-0.39, 0.29) is 5.82 Å². The molecule has 0 amide bonds. The number of benzene rings is 2. The topological polar surface area (TPSA) is 25.8 Å². The molecule has 0 spiro atoms. The van der Waals surface area contributed by atoms with Crippen molar-refractivity contribution in [3.63, 3.8) is 0 Å². The van der Waals surface area contributed by atoms with Gasteiger partial charge in [0.2, 0.25) is 3.79 Å². The summed E-state index contributed by atoms with van der Waals surface area (Å²) in [6.45, 7) is 2.05. The van der Waals surface area contributed by atoms with E-state index in [4.69, 9.17) is 34.8 Å². The van der Waals surface area contributed by atoms with Crippen molar-refractivity contribution >= 4 is 57.5 Å². The fourth-order valence-electron chi connectivity index (χ4n) is 1.97. The molecule has 3 rings (SSSR count). The molecule has 3 aromatic rings. The second kappa shape index (κ2) is 6.25. The van der Waals surface area contributed by atoms with Crippen molar-refractivity contribution < 1.29 is 0 Å². The zero-order valence-electron chi connectivity index (χ0n) is 11.6. The van der Waals surface area contributed by atoms with Crippen LogP contribution in [0.2, 0.25) is 0 Å². The molecule has 2 aromatic carbocycles. The van der Waals surface area contributed by atoms with E-state index in [0.29, 0.717) is 0 Å². The minimum absolute atomic E-state index is 0.186. The summed E-state index contributed by atoms with van der Waals surface area (Å²) in [6, 6.07) is 15.9. The van der Waals surface area contributed by atoms with Gasteiger partial charge in [0, 0.05) is 10.3 Å². The second-order valence-electron chi connectivity index (χ2n) is 4.78. The van der Waals surface area contributed by atoms with E-state index in [1.807, 2.05) is 36.4 Å². The molecule has 0 aliphatic carbocycles. The molecule has 0 N–H and O–H groups in total. The van der Waals surface area contributed by atoms with E-state index in [9.17, 15) is 0 Å². The molecule has 0 bridgehead atoms. The highest BCUT2D eigenvalue weighted by atomic mass is 35.6. The number of hydrogen-bond acceptors (Lipinski definition) is 3. The van der Waals surface area contributed by atoms with Gasteiger partial charge in [-0.15, -0.1) is 0 Å². The van der Waals surface area contributed by atoms with Gasteiger partial charge >= 0.3 is 0 Å². The lowest BCUT2D eigenvalue weighted by atomic mass is 10.2. The second-order valence-corrected chi connectivity index (χ2v) is 8.13. The van der Waals surface area contributed by atoms with Crippen LogP contribution in [0.3, 0.4) is 0 Å². The molecule has 112 valence electrons. The summed E-state index contributed by atoms with van der Waals surface area (Å²) in [4.78, 5) is 9.86. The van der Waals surface area contributed by atoms with Crippen molar-refractivity contribution in [3.05, 3.63) is 59.9 Å². The van der Waals surface area contributed by atoms with E-state index in [1.54, 1.807) is 0 Å². The first-order valence-electron chi connectivity index (χ1n) is 6.52. The number of halogens is 3. The van der Waals surface area contributed by atoms with E-state index < -0.39 is 3.79 Å². The van der Waals surface area contributed by atoms with Gasteiger partial charge in [-0.3, -0.25) is 0 Å². The third-order valence-electron chi connectivity index (χ3n) is 3.06. The maximum Gasteiger partial charge on any atom is 0.250 e. The Morgan fingerprint density at radius 3 is 2.27 bits per heavy atom. The number of fused-ring (bicyclic) bond motifs is 1. The maximum atomic E-state index is 5.95. The van der Waals surface area contributed by atoms with Crippen molar-refractivity contribution in [1.82, 2.24) is 9.97 Å². The Balaban J connectivity index is 2.12. The van der Waals surface area contributed by atoms with Gasteiger partial charge in [-0.25, -0.2) is 9.97 Å². The Kier molecular flexibility index (Phi) is 4.51. The fraction of sp³-hybridized carbons (Fsp3) is 0.125. The zero-order valence-corrected chi connectivity index (χ0v) is 14.6. The highest BCUT2D eigenvalue weighted by Crippen LogP contribution is 2.39. The Labute approximate surface area is 147 Å². The van der Waals surface area contributed by atoms with Crippen LogP contribution in [-0.2, 0) is 3.79 Å². The average Bonchev–Trinajstić information content (AvgIpc) is 2.48. The molecule has 1 aromatic heterocycles. The fourth-order valence-corrected chi connectivity index (χ4v) is 3.13. The molecule has 0 aliphatic rings. The van der Waals surface area contributed by atoms with E-state index in [1.165, 1.54) is 17.3 Å². The third kappa shape index (κ3) is 3.49. The Morgan fingerprint density at radius 1 is 0.909 bits per heavy atom. The Bertz CT molecular complexity index is 814. The van der Waals surface area contributed by atoms with Crippen LogP contribution in [0.5, 0.6) is 0 Å². The molecule has 0 unspecified atom stereocenters. The van der Waals surface area contributed by atoms with Gasteiger partial charge in [-0.2, -0.15) is 0 Å². The summed E-state index contributed by atoms with van der Waals surface area (Å²) >= 11 is 19.4. The van der Waals surface area contributed by atoms with Crippen molar-refractivity contribution in [2.45, 2.75) is 20.6 Å². The molecule has 22 heavy (non-hydrogen) atoms. The van der Waals surface area contributed by atoms with Gasteiger partial charge in [0.1, 0.15) is 5.03 Å². The van der Waals surface area contributed by atoms with E-state index in [0.717, 1.165) is 20.8 Å². The molecule has 6 heteroatoms. The number of alkyl halides is 3. The quantitative estimate of drug-likeness (QED) is 0.414. The van der Waals surface area contributed by atoms with Gasteiger partial charge in [0.25, 0.3) is 0 Å². The number of nitrogens with zero attached hydrogens (tertiary/aromatic N) is 2. The predicted octanol–water partition coefficient (Wildman–Crippen LogP) is 5.92. The third-order valence-corrected chi connectivity index (χ3v) is 4.58. The van der Waals surface area contributed by atoms with Gasteiger partial charge in [-0.1, -0.05) is 82.5 Å². The molecule has 2 nitrogen and oxygen atoms in total. The summed E-state index contributed by atoms with van der Waals surface area (Å²) in [6.07, 6.45) is 0. The lowest BCUT2D eigenvalue weighted by molar-refractivity contribution is 0.940. The summed E-state index contributed by atoms with van der Waals surface area (Å²) in [5.74, 6) is 0.186. The van der Waals surface area contributed by atoms with Gasteiger partial charge in [0.05, 0.1) is 5.52 Å². The molecule has 0 saturated heterocycles. The molecule has 1 heterocycles. The minimum atomic E-state index is -1.65. The predicted molar refractivity (Wildman–Crippen MR) is 94.1 cm³/mol. The van der Waals surface area contributed by atoms with Gasteiger partial charge in [-0.05, 0) is 25.1 Å². The molecule has 0 aliphatic heterocycles.